The SMILES string of the molecule is C#CCCCC(NCC)C1CCCCC1. The van der Waals surface area contributed by atoms with Crippen LogP contribution >= 0.6 is 0 Å². The van der Waals surface area contributed by atoms with E-state index in [1.54, 1.807) is 0 Å². The molecule has 15 heavy (non-hydrogen) atoms. The van der Waals surface area contributed by atoms with Gasteiger partial charge in [-0.1, -0.05) is 26.2 Å². The largest absolute Gasteiger partial charge is 0.314 e. The van der Waals surface area contributed by atoms with Crippen LogP contribution in [0.2, 0.25) is 0 Å². The van der Waals surface area contributed by atoms with Crippen LogP contribution < -0.4 is 5.32 Å². The number of rotatable bonds is 6. The van der Waals surface area contributed by atoms with Crippen LogP contribution in [0.25, 0.3) is 0 Å². The Morgan fingerprint density at radius 3 is 2.67 bits per heavy atom. The molecule has 0 aliphatic heterocycles. The minimum absolute atomic E-state index is 0.726. The number of terminal acetylenes is 1. The van der Waals surface area contributed by atoms with E-state index in [9.17, 15) is 0 Å². The summed E-state index contributed by atoms with van der Waals surface area (Å²) in [6, 6.07) is 0.726. The van der Waals surface area contributed by atoms with Crippen molar-refractivity contribution in [2.75, 3.05) is 6.54 Å². The summed E-state index contributed by atoms with van der Waals surface area (Å²) in [6.45, 7) is 3.30. The molecule has 1 nitrogen and oxygen atoms in total. The molecule has 1 fully saturated rings. The standard InChI is InChI=1S/C14H25N/c1-3-5-7-12-14(15-4-2)13-10-8-6-9-11-13/h1,13-15H,4-12H2,2H3. The lowest BCUT2D eigenvalue weighted by molar-refractivity contribution is 0.258. The summed E-state index contributed by atoms with van der Waals surface area (Å²) < 4.78 is 0. The Bertz CT molecular complexity index is 186. The molecule has 1 saturated carbocycles. The molecule has 1 rings (SSSR count). The van der Waals surface area contributed by atoms with Crippen molar-refractivity contribution in [3.8, 4) is 12.3 Å². The number of nitrogens with one attached hydrogen (secondary N) is 1. The summed E-state index contributed by atoms with van der Waals surface area (Å²) in [5, 5.41) is 3.64. The summed E-state index contributed by atoms with van der Waals surface area (Å²) in [5.41, 5.74) is 0. The fourth-order valence-corrected chi connectivity index (χ4v) is 2.73. The molecule has 0 heterocycles. The first-order chi connectivity index (χ1) is 7.38. The van der Waals surface area contributed by atoms with Crippen LogP contribution in [0.15, 0.2) is 0 Å². The van der Waals surface area contributed by atoms with Gasteiger partial charge in [-0.05, 0) is 38.1 Å². The van der Waals surface area contributed by atoms with Gasteiger partial charge in [0.2, 0.25) is 0 Å². The second-order valence-corrected chi connectivity index (χ2v) is 4.66. The van der Waals surface area contributed by atoms with Crippen LogP contribution in [0.4, 0.5) is 0 Å². The highest BCUT2D eigenvalue weighted by atomic mass is 14.9. The molecular weight excluding hydrogens is 182 g/mol. The third-order valence-corrected chi connectivity index (χ3v) is 3.52. The highest BCUT2D eigenvalue weighted by Crippen LogP contribution is 2.28. The fourth-order valence-electron chi connectivity index (χ4n) is 2.73. The Morgan fingerprint density at radius 2 is 2.07 bits per heavy atom. The molecule has 0 saturated heterocycles. The number of hydrogen-bond donors (Lipinski definition) is 1. The molecule has 1 unspecified atom stereocenters. The molecule has 0 radical (unpaired) electrons. The maximum atomic E-state index is 5.30. The van der Waals surface area contributed by atoms with E-state index in [1.165, 1.54) is 44.9 Å². The molecule has 0 aromatic carbocycles. The first kappa shape index (κ1) is 12.6. The molecule has 1 atom stereocenters. The maximum absolute atomic E-state index is 5.30. The Balaban J connectivity index is 2.30. The van der Waals surface area contributed by atoms with E-state index in [4.69, 9.17) is 6.42 Å². The second-order valence-electron chi connectivity index (χ2n) is 4.66. The quantitative estimate of drug-likeness (QED) is 0.520. The third kappa shape index (κ3) is 4.71. The molecule has 1 aliphatic rings. The van der Waals surface area contributed by atoms with E-state index in [-0.39, 0.29) is 0 Å². The monoisotopic (exact) mass is 207 g/mol. The van der Waals surface area contributed by atoms with Gasteiger partial charge in [-0.2, -0.15) is 0 Å². The van der Waals surface area contributed by atoms with E-state index >= 15 is 0 Å². The maximum Gasteiger partial charge on any atom is 0.00955 e. The average molecular weight is 207 g/mol. The van der Waals surface area contributed by atoms with Crippen LogP contribution in [0.5, 0.6) is 0 Å². The molecule has 0 aromatic rings. The zero-order valence-corrected chi connectivity index (χ0v) is 10.1. The van der Waals surface area contributed by atoms with E-state index in [2.05, 4.69) is 18.2 Å². The summed E-state index contributed by atoms with van der Waals surface area (Å²) in [7, 11) is 0. The van der Waals surface area contributed by atoms with Crippen molar-refractivity contribution in [3.63, 3.8) is 0 Å². The van der Waals surface area contributed by atoms with Crippen molar-refractivity contribution >= 4 is 0 Å². The van der Waals surface area contributed by atoms with Crippen LogP contribution in [0.3, 0.4) is 0 Å². The van der Waals surface area contributed by atoms with Crippen LogP contribution in [-0.2, 0) is 0 Å². The third-order valence-electron chi connectivity index (χ3n) is 3.52. The summed E-state index contributed by atoms with van der Waals surface area (Å²) in [6.07, 6.45) is 15.8. The van der Waals surface area contributed by atoms with Crippen molar-refractivity contribution in [2.24, 2.45) is 5.92 Å². The summed E-state index contributed by atoms with van der Waals surface area (Å²) in [4.78, 5) is 0. The highest BCUT2D eigenvalue weighted by molar-refractivity contribution is 4.85. The minimum atomic E-state index is 0.726. The van der Waals surface area contributed by atoms with Crippen molar-refractivity contribution < 1.29 is 0 Å². The van der Waals surface area contributed by atoms with Gasteiger partial charge in [0, 0.05) is 12.5 Å². The topological polar surface area (TPSA) is 12.0 Å². The molecule has 1 aliphatic carbocycles. The first-order valence-corrected chi connectivity index (χ1v) is 6.55. The van der Waals surface area contributed by atoms with E-state index in [0.717, 1.165) is 24.9 Å². The van der Waals surface area contributed by atoms with Crippen molar-refractivity contribution in [1.82, 2.24) is 5.32 Å². The summed E-state index contributed by atoms with van der Waals surface area (Å²) in [5.74, 6) is 3.65. The average Bonchev–Trinajstić information content (AvgIpc) is 2.29. The molecule has 0 spiro atoms. The molecule has 1 heteroatoms. The number of hydrogen-bond acceptors (Lipinski definition) is 1. The van der Waals surface area contributed by atoms with Crippen LogP contribution in [-0.4, -0.2) is 12.6 Å². The minimum Gasteiger partial charge on any atom is -0.314 e. The summed E-state index contributed by atoms with van der Waals surface area (Å²) >= 11 is 0. The lowest BCUT2D eigenvalue weighted by atomic mass is 9.82. The van der Waals surface area contributed by atoms with E-state index in [1.807, 2.05) is 0 Å². The van der Waals surface area contributed by atoms with Gasteiger partial charge in [-0.25, -0.2) is 0 Å². The van der Waals surface area contributed by atoms with Crippen molar-refractivity contribution in [1.29, 1.82) is 0 Å². The normalized spacial score (nSPS) is 19.7. The van der Waals surface area contributed by atoms with Gasteiger partial charge in [-0.15, -0.1) is 12.3 Å². The molecule has 0 bridgehead atoms. The van der Waals surface area contributed by atoms with Crippen molar-refractivity contribution in [2.45, 2.75) is 64.3 Å². The van der Waals surface area contributed by atoms with E-state index in [0.29, 0.717) is 0 Å². The molecule has 0 amide bonds. The van der Waals surface area contributed by atoms with Gasteiger partial charge in [0.25, 0.3) is 0 Å². The molecule has 86 valence electrons. The Hall–Kier alpha value is -0.480. The van der Waals surface area contributed by atoms with Gasteiger partial charge in [-0.3, -0.25) is 0 Å². The highest BCUT2D eigenvalue weighted by Gasteiger charge is 2.22. The fraction of sp³-hybridized carbons (Fsp3) is 0.857. The molecule has 1 N–H and O–H groups in total. The number of unbranched alkanes of at least 4 members (excludes halogenated alkanes) is 1. The predicted molar refractivity (Wildman–Crippen MR) is 66.7 cm³/mol. The Labute approximate surface area is 95.0 Å². The second kappa shape index (κ2) is 7.77. The predicted octanol–water partition coefficient (Wildman–Crippen LogP) is 3.35. The Kier molecular flexibility index (Phi) is 6.52. The Morgan fingerprint density at radius 1 is 1.33 bits per heavy atom. The zero-order chi connectivity index (χ0) is 10.9. The van der Waals surface area contributed by atoms with Crippen molar-refractivity contribution in [3.05, 3.63) is 0 Å². The van der Waals surface area contributed by atoms with Gasteiger partial charge < -0.3 is 5.32 Å². The molecule has 0 aromatic heterocycles. The lowest BCUT2D eigenvalue weighted by Crippen LogP contribution is -2.37. The van der Waals surface area contributed by atoms with Crippen LogP contribution in [0.1, 0.15) is 58.3 Å². The zero-order valence-electron chi connectivity index (χ0n) is 10.1. The van der Waals surface area contributed by atoms with E-state index < -0.39 is 0 Å². The van der Waals surface area contributed by atoms with Gasteiger partial charge in [0.05, 0.1) is 0 Å². The smallest absolute Gasteiger partial charge is 0.00955 e. The van der Waals surface area contributed by atoms with Gasteiger partial charge in [0.15, 0.2) is 0 Å². The molecular formula is C14H25N. The van der Waals surface area contributed by atoms with Crippen LogP contribution in [0, 0.1) is 18.3 Å². The van der Waals surface area contributed by atoms with Gasteiger partial charge in [0.1, 0.15) is 0 Å². The van der Waals surface area contributed by atoms with Gasteiger partial charge >= 0.3 is 0 Å². The first-order valence-electron chi connectivity index (χ1n) is 6.55. The lowest BCUT2D eigenvalue weighted by Gasteiger charge is -2.30.